The minimum atomic E-state index is -2.83. The van der Waals surface area contributed by atoms with Crippen molar-refractivity contribution in [1.82, 2.24) is 0 Å². The van der Waals surface area contributed by atoms with Crippen molar-refractivity contribution < 1.29 is 9.09 Å². The molecule has 0 rings (SSSR count). The zero-order valence-electron chi connectivity index (χ0n) is 6.88. The third-order valence-electron chi connectivity index (χ3n) is 1.03. The fourth-order valence-corrected chi connectivity index (χ4v) is 4.02. The van der Waals surface area contributed by atoms with Gasteiger partial charge in [0.25, 0.3) is 0 Å². The molecule has 1 unspecified atom stereocenters. The van der Waals surface area contributed by atoms with Crippen molar-refractivity contribution in [2.75, 3.05) is 12.4 Å². The Balaban J connectivity index is 3.47. The zero-order chi connectivity index (χ0) is 8.74. The van der Waals surface area contributed by atoms with Gasteiger partial charge in [-0.05, 0) is 24.6 Å². The summed E-state index contributed by atoms with van der Waals surface area (Å²) in [4.78, 5) is 0. The van der Waals surface area contributed by atoms with Crippen LogP contribution in [0.15, 0.2) is 0 Å². The molecule has 68 valence electrons. The smallest absolute Gasteiger partial charge is 0.310 e. The Morgan fingerprint density at radius 1 is 1.55 bits per heavy atom. The highest BCUT2D eigenvalue weighted by Gasteiger charge is 2.18. The fraction of sp³-hybridized carbons (Fsp3) is 1.00. The van der Waals surface area contributed by atoms with E-state index in [1.165, 1.54) is 11.4 Å². The van der Waals surface area contributed by atoms with Crippen LogP contribution >= 0.6 is 28.5 Å². The maximum absolute atomic E-state index is 11.2. The van der Waals surface area contributed by atoms with E-state index in [-0.39, 0.29) is 0 Å². The van der Waals surface area contributed by atoms with Crippen molar-refractivity contribution in [3.05, 3.63) is 0 Å². The van der Waals surface area contributed by atoms with Crippen LogP contribution in [-0.2, 0) is 9.09 Å². The summed E-state index contributed by atoms with van der Waals surface area (Å²) >= 11 is 6.80. The number of hydrogen-bond donors (Lipinski definition) is 0. The molecule has 0 amide bonds. The van der Waals surface area contributed by atoms with Crippen molar-refractivity contribution in [3.8, 4) is 0 Å². The van der Waals surface area contributed by atoms with Crippen LogP contribution in [0, 0.1) is 0 Å². The lowest BCUT2D eigenvalue weighted by Gasteiger charge is -2.07. The third-order valence-corrected chi connectivity index (χ3v) is 5.33. The number of rotatable bonds is 6. The van der Waals surface area contributed by atoms with Gasteiger partial charge in [0.1, 0.15) is 0 Å². The summed E-state index contributed by atoms with van der Waals surface area (Å²) in [6.45, 7) is 4.29. The van der Waals surface area contributed by atoms with Crippen molar-refractivity contribution in [2.24, 2.45) is 0 Å². The SMILES string of the molecule is CCCCSP(=O)(Cl)OCC. The van der Waals surface area contributed by atoms with E-state index in [9.17, 15) is 4.57 Å². The number of halogens is 1. The Morgan fingerprint density at radius 2 is 2.18 bits per heavy atom. The Hall–Kier alpha value is 0.830. The van der Waals surface area contributed by atoms with Crippen molar-refractivity contribution in [2.45, 2.75) is 26.7 Å². The minimum absolute atomic E-state index is 0.417. The van der Waals surface area contributed by atoms with E-state index >= 15 is 0 Å². The average Bonchev–Trinajstić information content (AvgIpc) is 1.87. The lowest BCUT2D eigenvalue weighted by Crippen LogP contribution is -1.82. The van der Waals surface area contributed by atoms with Gasteiger partial charge in [0.2, 0.25) is 0 Å². The Bertz CT molecular complexity index is 143. The van der Waals surface area contributed by atoms with Crippen LogP contribution in [0.1, 0.15) is 26.7 Å². The summed E-state index contributed by atoms with van der Waals surface area (Å²) in [5.74, 6) is -2.02. The van der Waals surface area contributed by atoms with Crippen LogP contribution in [0.2, 0.25) is 0 Å². The lowest BCUT2D eigenvalue weighted by atomic mass is 10.4. The normalized spacial score (nSPS) is 16.3. The van der Waals surface area contributed by atoms with Gasteiger partial charge in [-0.1, -0.05) is 24.7 Å². The van der Waals surface area contributed by atoms with Gasteiger partial charge in [-0.25, -0.2) is 0 Å². The Morgan fingerprint density at radius 3 is 2.64 bits per heavy atom. The minimum Gasteiger partial charge on any atom is -0.310 e. The number of hydrogen-bond acceptors (Lipinski definition) is 3. The molecule has 0 aromatic heterocycles. The van der Waals surface area contributed by atoms with Gasteiger partial charge in [-0.3, -0.25) is 4.57 Å². The molecule has 0 fully saturated rings. The first kappa shape index (κ1) is 11.8. The molecule has 1 atom stereocenters. The molecule has 0 saturated carbocycles. The summed E-state index contributed by atoms with van der Waals surface area (Å²) in [6.07, 6.45) is 2.13. The summed E-state index contributed by atoms with van der Waals surface area (Å²) in [6, 6.07) is 0. The molecule has 0 heterocycles. The molecule has 0 aliphatic rings. The van der Waals surface area contributed by atoms with Crippen LogP contribution in [0.25, 0.3) is 0 Å². The maximum Gasteiger partial charge on any atom is 0.346 e. The Labute approximate surface area is 77.0 Å². The van der Waals surface area contributed by atoms with Crippen LogP contribution in [0.5, 0.6) is 0 Å². The molecule has 2 nitrogen and oxygen atoms in total. The van der Waals surface area contributed by atoms with Crippen LogP contribution in [-0.4, -0.2) is 12.4 Å². The van der Waals surface area contributed by atoms with E-state index in [4.69, 9.17) is 15.8 Å². The highest BCUT2D eigenvalue weighted by molar-refractivity contribution is 8.63. The molecular weight excluding hydrogens is 203 g/mol. The first-order valence-electron chi connectivity index (χ1n) is 3.71. The molecular formula is C6H14ClO2PS. The van der Waals surface area contributed by atoms with E-state index in [1.807, 2.05) is 0 Å². The predicted molar refractivity (Wildman–Crippen MR) is 52.5 cm³/mol. The van der Waals surface area contributed by atoms with E-state index in [0.717, 1.165) is 18.6 Å². The molecule has 11 heavy (non-hydrogen) atoms. The van der Waals surface area contributed by atoms with E-state index in [2.05, 4.69) is 6.92 Å². The second-order valence-electron chi connectivity index (χ2n) is 2.04. The molecule has 0 aliphatic carbocycles. The van der Waals surface area contributed by atoms with Crippen molar-refractivity contribution in [1.29, 1.82) is 0 Å². The molecule has 0 saturated heterocycles. The van der Waals surface area contributed by atoms with Gasteiger partial charge >= 0.3 is 5.92 Å². The molecule has 0 spiro atoms. The van der Waals surface area contributed by atoms with Crippen molar-refractivity contribution in [3.63, 3.8) is 0 Å². The fourth-order valence-electron chi connectivity index (χ4n) is 0.509. The van der Waals surface area contributed by atoms with Crippen LogP contribution in [0.4, 0.5) is 0 Å². The highest BCUT2D eigenvalue weighted by Crippen LogP contribution is 2.64. The lowest BCUT2D eigenvalue weighted by molar-refractivity contribution is 0.356. The van der Waals surface area contributed by atoms with E-state index < -0.39 is 5.92 Å². The van der Waals surface area contributed by atoms with Gasteiger partial charge < -0.3 is 4.52 Å². The number of unbranched alkanes of at least 4 members (excludes halogenated alkanes) is 1. The largest absolute Gasteiger partial charge is 0.346 e. The van der Waals surface area contributed by atoms with Crippen molar-refractivity contribution >= 4 is 28.5 Å². The highest BCUT2D eigenvalue weighted by atomic mass is 35.7. The molecule has 0 N–H and O–H groups in total. The van der Waals surface area contributed by atoms with Gasteiger partial charge in [-0.15, -0.1) is 0 Å². The van der Waals surface area contributed by atoms with E-state index in [1.54, 1.807) is 6.92 Å². The quantitative estimate of drug-likeness (QED) is 0.498. The van der Waals surface area contributed by atoms with Gasteiger partial charge in [0, 0.05) is 5.75 Å². The zero-order valence-corrected chi connectivity index (χ0v) is 9.35. The molecule has 5 heteroatoms. The monoisotopic (exact) mass is 216 g/mol. The second-order valence-corrected chi connectivity index (χ2v) is 7.97. The third kappa shape index (κ3) is 7.20. The summed E-state index contributed by atoms with van der Waals surface area (Å²) < 4.78 is 16.1. The standard InChI is InChI=1S/C6H14ClO2PS/c1-3-5-6-11-10(7,8)9-4-2/h3-6H2,1-2H3. The molecule has 0 radical (unpaired) electrons. The topological polar surface area (TPSA) is 26.3 Å². The van der Waals surface area contributed by atoms with Gasteiger partial charge in [0.05, 0.1) is 6.61 Å². The summed E-state index contributed by atoms with van der Waals surface area (Å²) in [7, 11) is 0. The molecule has 0 aliphatic heterocycles. The summed E-state index contributed by atoms with van der Waals surface area (Å²) in [5.41, 5.74) is 0. The summed E-state index contributed by atoms with van der Waals surface area (Å²) in [5, 5.41) is 0. The molecule has 0 bridgehead atoms. The first-order chi connectivity index (χ1) is 5.12. The van der Waals surface area contributed by atoms with Gasteiger partial charge in [-0.2, -0.15) is 0 Å². The molecule has 0 aromatic carbocycles. The predicted octanol–water partition coefficient (Wildman–Crippen LogP) is 3.90. The first-order valence-corrected chi connectivity index (χ1v) is 7.83. The average molecular weight is 217 g/mol. The second kappa shape index (κ2) is 6.36. The van der Waals surface area contributed by atoms with Crippen LogP contribution in [0.3, 0.4) is 0 Å². The maximum atomic E-state index is 11.2. The van der Waals surface area contributed by atoms with Gasteiger partial charge in [0.15, 0.2) is 0 Å². The Kier molecular flexibility index (Phi) is 6.84. The van der Waals surface area contributed by atoms with Crippen LogP contribution < -0.4 is 0 Å². The van der Waals surface area contributed by atoms with E-state index in [0.29, 0.717) is 6.61 Å². The molecule has 0 aromatic rings.